The summed E-state index contributed by atoms with van der Waals surface area (Å²) in [6.45, 7) is 1.77. The molecule has 0 aliphatic rings. The van der Waals surface area contributed by atoms with Crippen LogP contribution in [0.1, 0.15) is 16.2 Å². The van der Waals surface area contributed by atoms with Crippen molar-refractivity contribution >= 4 is 50.7 Å². The molecule has 0 bridgehead atoms. The summed E-state index contributed by atoms with van der Waals surface area (Å²) >= 11 is 14.1. The average Bonchev–Trinajstić information content (AvgIpc) is 3.07. The van der Waals surface area contributed by atoms with Gasteiger partial charge in [0.25, 0.3) is 5.91 Å². The van der Waals surface area contributed by atoms with E-state index in [1.807, 2.05) is 30.3 Å². The van der Waals surface area contributed by atoms with Gasteiger partial charge in [-0.05, 0) is 31.2 Å². The second-order valence-electron chi connectivity index (χ2n) is 5.97. The van der Waals surface area contributed by atoms with Gasteiger partial charge in [0.05, 0.1) is 16.0 Å². The lowest BCUT2D eigenvalue weighted by atomic mass is 10.2. The van der Waals surface area contributed by atoms with Gasteiger partial charge in [0.1, 0.15) is 10.7 Å². The molecule has 8 heteroatoms. The molecule has 0 aliphatic heterocycles. The number of thiophene rings is 1. The molecule has 2 aromatic carbocycles. The largest absolute Gasteiger partial charge is 0.436 e. The lowest BCUT2D eigenvalue weighted by molar-refractivity contribution is 0.0998. The van der Waals surface area contributed by atoms with E-state index in [9.17, 15) is 4.79 Å². The molecule has 0 atom stereocenters. The maximum absolute atomic E-state index is 11.8. The molecule has 28 heavy (non-hydrogen) atoms. The van der Waals surface area contributed by atoms with Crippen LogP contribution in [0.3, 0.4) is 0 Å². The third-order valence-corrected chi connectivity index (χ3v) is 5.73. The summed E-state index contributed by atoms with van der Waals surface area (Å²) in [4.78, 5) is 22.3. The van der Waals surface area contributed by atoms with Crippen molar-refractivity contribution in [3.05, 3.63) is 70.0 Å². The van der Waals surface area contributed by atoms with Gasteiger partial charge in [0.2, 0.25) is 5.88 Å². The van der Waals surface area contributed by atoms with Crippen molar-refractivity contribution in [2.45, 2.75) is 6.92 Å². The van der Waals surface area contributed by atoms with E-state index >= 15 is 0 Å². The number of rotatable bonds is 4. The molecule has 0 aliphatic carbocycles. The van der Waals surface area contributed by atoms with Gasteiger partial charge in [0, 0.05) is 15.5 Å². The number of hydrogen-bond acceptors (Lipinski definition) is 5. The fourth-order valence-electron chi connectivity index (χ4n) is 2.77. The van der Waals surface area contributed by atoms with Gasteiger partial charge in [-0.3, -0.25) is 4.79 Å². The lowest BCUT2D eigenvalue weighted by Crippen LogP contribution is -2.12. The average molecular weight is 430 g/mol. The predicted molar refractivity (Wildman–Crippen MR) is 113 cm³/mol. The molecule has 5 nitrogen and oxygen atoms in total. The number of halogens is 2. The summed E-state index contributed by atoms with van der Waals surface area (Å²) in [5, 5.41) is 1.60. The Morgan fingerprint density at radius 1 is 1.07 bits per heavy atom. The summed E-state index contributed by atoms with van der Waals surface area (Å²) in [5.74, 6) is 0.360. The Morgan fingerprint density at radius 3 is 2.57 bits per heavy atom. The molecule has 1 amide bonds. The molecule has 4 aromatic rings. The van der Waals surface area contributed by atoms with E-state index in [1.165, 1.54) is 11.3 Å². The number of carbonyl (C=O) groups is 1. The van der Waals surface area contributed by atoms with E-state index < -0.39 is 5.91 Å². The molecule has 140 valence electrons. The van der Waals surface area contributed by atoms with E-state index in [1.54, 1.807) is 25.1 Å². The van der Waals surface area contributed by atoms with Crippen molar-refractivity contribution in [3.63, 3.8) is 0 Å². The number of primary amides is 1. The molecule has 0 saturated heterocycles. The van der Waals surface area contributed by atoms with Crippen LogP contribution >= 0.6 is 34.5 Å². The van der Waals surface area contributed by atoms with Crippen molar-refractivity contribution in [3.8, 4) is 22.1 Å². The van der Waals surface area contributed by atoms with E-state index in [0.717, 1.165) is 15.3 Å². The number of amides is 1. The zero-order valence-electron chi connectivity index (χ0n) is 14.6. The first-order valence-electron chi connectivity index (χ1n) is 8.23. The highest BCUT2D eigenvalue weighted by Gasteiger charge is 2.19. The van der Waals surface area contributed by atoms with Crippen LogP contribution in [0.5, 0.6) is 11.6 Å². The van der Waals surface area contributed by atoms with Crippen LogP contribution in [-0.4, -0.2) is 15.9 Å². The molecule has 0 saturated carbocycles. The fraction of sp³-hybridized carbons (Fsp3) is 0.0500. The number of ether oxygens (including phenoxy) is 1. The zero-order valence-corrected chi connectivity index (χ0v) is 16.9. The Balaban J connectivity index is 1.87. The van der Waals surface area contributed by atoms with Gasteiger partial charge in [0.15, 0.2) is 5.75 Å². The molecule has 4 rings (SSSR count). The smallest absolute Gasteiger partial charge is 0.252 e. The molecule has 2 N–H and O–H groups in total. The molecule has 2 heterocycles. The molecule has 0 unspecified atom stereocenters. The highest BCUT2D eigenvalue weighted by Crippen LogP contribution is 2.41. The fourth-order valence-corrected chi connectivity index (χ4v) is 4.39. The maximum Gasteiger partial charge on any atom is 0.252 e. The minimum absolute atomic E-state index is 0.168. The lowest BCUT2D eigenvalue weighted by Gasteiger charge is -2.11. The number of fused-ring (bicyclic) bond motifs is 1. The topological polar surface area (TPSA) is 78.1 Å². The number of aryl methyl sites for hydroxylation is 1. The predicted octanol–water partition coefficient (Wildman–Crippen LogP) is 5.86. The van der Waals surface area contributed by atoms with E-state index in [0.29, 0.717) is 22.1 Å². The van der Waals surface area contributed by atoms with E-state index in [-0.39, 0.29) is 16.3 Å². The number of nitrogens with zero attached hydrogens (tertiary/aromatic N) is 2. The van der Waals surface area contributed by atoms with Crippen molar-refractivity contribution in [1.82, 2.24) is 9.97 Å². The number of nitrogens with two attached hydrogens (primary N) is 1. The Hall–Kier alpha value is -2.67. The van der Waals surface area contributed by atoms with Gasteiger partial charge in [-0.2, -0.15) is 4.98 Å². The first-order valence-corrected chi connectivity index (χ1v) is 9.80. The van der Waals surface area contributed by atoms with E-state index in [2.05, 4.69) is 9.97 Å². The molecular weight excluding hydrogens is 417 g/mol. The SMILES string of the molecule is Cc1nc(Oc2c(Cl)cccc2C(N)=O)c2cc(-c3ccccc3Cl)sc2n1. The molecule has 0 fully saturated rings. The number of para-hydroxylation sites is 1. The van der Waals surface area contributed by atoms with Gasteiger partial charge in [-0.1, -0.05) is 47.5 Å². The zero-order chi connectivity index (χ0) is 19.8. The highest BCUT2D eigenvalue weighted by molar-refractivity contribution is 7.22. The molecule has 2 aromatic heterocycles. The normalized spacial score (nSPS) is 11.0. The van der Waals surface area contributed by atoms with Crippen molar-refractivity contribution in [2.75, 3.05) is 0 Å². The second-order valence-corrected chi connectivity index (χ2v) is 7.81. The third-order valence-electron chi connectivity index (χ3n) is 4.04. The number of carbonyl (C=O) groups excluding carboxylic acids is 1. The Morgan fingerprint density at radius 2 is 1.82 bits per heavy atom. The Kier molecular flexibility index (Phi) is 4.93. The Bertz CT molecular complexity index is 1220. The minimum Gasteiger partial charge on any atom is -0.436 e. The maximum atomic E-state index is 11.8. The summed E-state index contributed by atoms with van der Waals surface area (Å²) < 4.78 is 5.96. The molecular formula is C20H13Cl2N3O2S. The van der Waals surface area contributed by atoms with E-state index in [4.69, 9.17) is 33.7 Å². The quantitative estimate of drug-likeness (QED) is 0.440. The summed E-state index contributed by atoms with van der Waals surface area (Å²) in [6.07, 6.45) is 0. The van der Waals surface area contributed by atoms with Crippen molar-refractivity contribution in [1.29, 1.82) is 0 Å². The van der Waals surface area contributed by atoms with Crippen LogP contribution < -0.4 is 10.5 Å². The van der Waals surface area contributed by atoms with Gasteiger partial charge in [-0.15, -0.1) is 11.3 Å². The first-order chi connectivity index (χ1) is 13.4. The molecule has 0 radical (unpaired) electrons. The van der Waals surface area contributed by atoms with Crippen molar-refractivity contribution in [2.24, 2.45) is 5.73 Å². The monoisotopic (exact) mass is 429 g/mol. The summed E-state index contributed by atoms with van der Waals surface area (Å²) in [5.41, 5.74) is 6.53. The number of benzene rings is 2. The second kappa shape index (κ2) is 7.39. The molecule has 0 spiro atoms. The summed E-state index contributed by atoms with van der Waals surface area (Å²) in [6, 6.07) is 14.3. The summed E-state index contributed by atoms with van der Waals surface area (Å²) in [7, 11) is 0. The van der Waals surface area contributed by atoms with Crippen molar-refractivity contribution < 1.29 is 9.53 Å². The van der Waals surface area contributed by atoms with Gasteiger partial charge < -0.3 is 10.5 Å². The van der Waals surface area contributed by atoms with Crippen LogP contribution in [0.25, 0.3) is 20.7 Å². The van der Waals surface area contributed by atoms with Gasteiger partial charge >= 0.3 is 0 Å². The Labute approximate surface area is 174 Å². The van der Waals surface area contributed by atoms with Gasteiger partial charge in [-0.25, -0.2) is 4.98 Å². The van der Waals surface area contributed by atoms with Crippen LogP contribution in [0.4, 0.5) is 0 Å². The first kappa shape index (κ1) is 18.7. The van der Waals surface area contributed by atoms with Crippen LogP contribution in [0.2, 0.25) is 10.0 Å². The standard InChI is InChI=1S/C20H13Cl2N3O2S/c1-10-24-19(27-17-12(18(23)26)6-4-8-15(17)22)13-9-16(28-20(13)25-10)11-5-2-3-7-14(11)21/h2-9H,1H3,(H2,23,26). The van der Waals surface area contributed by atoms with Crippen LogP contribution in [-0.2, 0) is 0 Å². The third kappa shape index (κ3) is 3.42. The number of hydrogen-bond donors (Lipinski definition) is 1. The van der Waals surface area contributed by atoms with Crippen LogP contribution in [0.15, 0.2) is 48.5 Å². The minimum atomic E-state index is -0.637. The highest BCUT2D eigenvalue weighted by atomic mass is 35.5. The van der Waals surface area contributed by atoms with Crippen LogP contribution in [0, 0.1) is 6.92 Å². The number of aromatic nitrogens is 2.